The molecule has 2 aromatic rings. The van der Waals surface area contributed by atoms with Crippen LogP contribution in [0.2, 0.25) is 0 Å². The molecule has 0 aliphatic heterocycles. The lowest BCUT2D eigenvalue weighted by Gasteiger charge is -2.31. The second-order valence-electron chi connectivity index (χ2n) is 6.82. The molecule has 0 atom stereocenters. The molecule has 0 aliphatic carbocycles. The topological polar surface area (TPSA) is 41.1 Å². The molecule has 0 radical (unpaired) electrons. The van der Waals surface area contributed by atoms with E-state index in [1.54, 1.807) is 26.1 Å². The molecule has 0 heterocycles. The molecule has 3 nitrogen and oxygen atoms in total. The van der Waals surface area contributed by atoms with Crippen molar-refractivity contribution in [3.63, 3.8) is 0 Å². The van der Waals surface area contributed by atoms with Crippen LogP contribution in [0.3, 0.4) is 0 Å². The number of benzene rings is 2. The van der Waals surface area contributed by atoms with Crippen LogP contribution in [0, 0.1) is 19.7 Å². The van der Waals surface area contributed by atoms with Gasteiger partial charge in [-0.3, -0.25) is 4.79 Å². The maximum absolute atomic E-state index is 13.9. The summed E-state index contributed by atoms with van der Waals surface area (Å²) in [4.78, 5) is 10.3. The Morgan fingerprint density at radius 3 is 1.67 bits per heavy atom. The highest BCUT2D eigenvalue weighted by Crippen LogP contribution is 2.54. The smallest absolute Gasteiger partial charge is 0.386 e. The van der Waals surface area contributed by atoms with Crippen molar-refractivity contribution in [1.82, 2.24) is 0 Å². The fourth-order valence-electron chi connectivity index (χ4n) is 2.79. The van der Waals surface area contributed by atoms with Crippen LogP contribution in [0.1, 0.15) is 36.1 Å². The number of nitrogens with one attached hydrogen (secondary N) is 2. The predicted molar refractivity (Wildman–Crippen MR) is 113 cm³/mol. The molecule has 204 valence electrons. The maximum Gasteiger partial charge on any atom is 0.435 e. The minimum absolute atomic E-state index is 0.0535. The summed E-state index contributed by atoms with van der Waals surface area (Å²) in [5.41, 5.74) is -11.0. The van der Waals surface area contributed by atoms with Crippen LogP contribution in [-0.2, 0) is 16.6 Å². The van der Waals surface area contributed by atoms with E-state index in [4.69, 9.17) is 0 Å². The van der Waals surface area contributed by atoms with Crippen molar-refractivity contribution < 1.29 is 53.1 Å². The molecule has 0 unspecified atom stereocenters. The zero-order valence-electron chi connectivity index (χ0n) is 19.5. The van der Waals surface area contributed by atoms with Gasteiger partial charge in [-0.2, -0.15) is 39.5 Å². The van der Waals surface area contributed by atoms with E-state index in [0.717, 1.165) is 0 Å². The van der Waals surface area contributed by atoms with Gasteiger partial charge in [-0.15, -0.1) is 0 Å². The van der Waals surface area contributed by atoms with E-state index in [-0.39, 0.29) is 18.3 Å². The third-order valence-corrected chi connectivity index (χ3v) is 4.48. The summed E-state index contributed by atoms with van der Waals surface area (Å²) in [6, 6.07) is 4.60. The number of alkyl halides is 10. The van der Waals surface area contributed by atoms with Crippen molar-refractivity contribution in [1.29, 1.82) is 0 Å². The monoisotopic (exact) mass is 540 g/mol. The number of hydrogen-bond donors (Lipinski definition) is 2. The Labute approximate surface area is 199 Å². The van der Waals surface area contributed by atoms with Crippen LogP contribution >= 0.6 is 0 Å². The lowest BCUT2D eigenvalue weighted by Crippen LogP contribution is -2.50. The van der Waals surface area contributed by atoms with Crippen molar-refractivity contribution in [2.75, 3.05) is 17.7 Å². The zero-order valence-corrected chi connectivity index (χ0v) is 19.5. The second-order valence-corrected chi connectivity index (χ2v) is 6.82. The lowest BCUT2D eigenvalue weighted by atomic mass is 9.90. The van der Waals surface area contributed by atoms with Gasteiger partial charge in [0.2, 0.25) is 6.41 Å². The quantitative estimate of drug-likeness (QED) is 0.304. The maximum atomic E-state index is 13.9. The number of hydrogen-bond acceptors (Lipinski definition) is 2. The number of carbonyl (C=O) groups excluding carboxylic acids is 1. The van der Waals surface area contributed by atoms with Gasteiger partial charge < -0.3 is 10.6 Å². The molecule has 2 aromatic carbocycles. The number of anilines is 2. The van der Waals surface area contributed by atoms with Gasteiger partial charge in [-0.25, -0.2) is 8.78 Å². The molecule has 0 spiro atoms. The summed E-state index contributed by atoms with van der Waals surface area (Å²) < 4.78 is 141. The van der Waals surface area contributed by atoms with Crippen molar-refractivity contribution >= 4 is 17.8 Å². The molecule has 2 N–H and O–H groups in total. The largest absolute Gasteiger partial charge is 0.435 e. The summed E-state index contributed by atoms with van der Waals surface area (Å²) in [5, 5.41) is 4.28. The number of carbonyl (C=O) groups is 1. The highest BCUT2D eigenvalue weighted by atomic mass is 19.4. The number of rotatable bonds is 4. The second kappa shape index (κ2) is 12.3. The predicted octanol–water partition coefficient (Wildman–Crippen LogP) is 8.07. The average Bonchev–Trinajstić information content (AvgIpc) is 2.76. The summed E-state index contributed by atoms with van der Waals surface area (Å²) in [6.45, 7) is 6.44. The first-order chi connectivity index (χ1) is 16.3. The molecule has 2 rings (SSSR count). The van der Waals surface area contributed by atoms with Gasteiger partial charge in [0.05, 0.1) is 16.9 Å². The van der Waals surface area contributed by atoms with Gasteiger partial charge in [0.25, 0.3) is 0 Å². The van der Waals surface area contributed by atoms with Crippen LogP contribution < -0.4 is 10.6 Å². The van der Waals surface area contributed by atoms with E-state index in [1.165, 1.54) is 5.32 Å². The first kappa shape index (κ1) is 32.9. The normalized spacial score (nSPS) is 12.0. The third kappa shape index (κ3) is 7.23. The van der Waals surface area contributed by atoms with E-state index in [9.17, 15) is 53.1 Å². The van der Waals surface area contributed by atoms with E-state index >= 15 is 0 Å². The third-order valence-electron chi connectivity index (χ3n) is 4.48. The number of amides is 1. The average molecular weight is 540 g/mol. The molecular weight excluding hydrogens is 517 g/mol. The zero-order chi connectivity index (χ0) is 28.7. The van der Waals surface area contributed by atoms with Crippen molar-refractivity contribution in [3.05, 3.63) is 58.4 Å². The highest BCUT2D eigenvalue weighted by molar-refractivity contribution is 5.76. The Bertz CT molecular complexity index is 999. The Kier molecular flexibility index (Phi) is 11.2. The molecule has 0 saturated heterocycles. The van der Waals surface area contributed by atoms with Crippen molar-refractivity contribution in [3.8, 4) is 0 Å². The van der Waals surface area contributed by atoms with Gasteiger partial charge in [0.15, 0.2) is 0 Å². The molecule has 0 aliphatic rings. The SMILES string of the molecule is CC.CNc1cccc(C)c1F.Cc1cc(C(F)(C(F)(F)F)C(F)(F)F)cc(C(F)(F)F)c1NC=O. The standard InChI is InChI=1S/C12H7F10NO.C8H10FN.C2H6/c1-5-2-6(9(13,11(17,18)19)12(20,21)22)3-7(10(14,15)16)8(5)23-4-24;1-6-4-3-5-7(10-2)8(6)9;1-2/h2-4H,1H3,(H,23,24);3-5,10H,1-2H3;1-2H3. The van der Waals surface area contributed by atoms with Gasteiger partial charge >= 0.3 is 24.2 Å². The van der Waals surface area contributed by atoms with Gasteiger partial charge in [-0.05, 0) is 37.1 Å². The molecular formula is C22H23F11N2O. The Morgan fingerprint density at radius 1 is 0.806 bits per heavy atom. The summed E-state index contributed by atoms with van der Waals surface area (Å²) in [7, 11) is 1.71. The van der Waals surface area contributed by atoms with Crippen LogP contribution in [-0.4, -0.2) is 25.8 Å². The first-order valence-electron chi connectivity index (χ1n) is 10.0. The Hall–Kier alpha value is -3.06. The molecule has 0 fully saturated rings. The van der Waals surface area contributed by atoms with E-state index in [1.807, 2.05) is 19.9 Å². The van der Waals surface area contributed by atoms with Gasteiger partial charge in [0.1, 0.15) is 5.82 Å². The minimum atomic E-state index is -6.56. The summed E-state index contributed by atoms with van der Waals surface area (Å²) >= 11 is 0. The van der Waals surface area contributed by atoms with E-state index < -0.39 is 52.6 Å². The van der Waals surface area contributed by atoms with Crippen LogP contribution in [0.4, 0.5) is 59.7 Å². The molecule has 36 heavy (non-hydrogen) atoms. The Morgan fingerprint density at radius 2 is 1.31 bits per heavy atom. The molecule has 0 bridgehead atoms. The number of aryl methyl sites for hydroxylation is 2. The van der Waals surface area contributed by atoms with Gasteiger partial charge in [0, 0.05) is 12.6 Å². The van der Waals surface area contributed by atoms with Crippen molar-refractivity contribution in [2.24, 2.45) is 0 Å². The Balaban J connectivity index is 0.000000845. The van der Waals surface area contributed by atoms with Crippen LogP contribution in [0.15, 0.2) is 30.3 Å². The highest BCUT2D eigenvalue weighted by Gasteiger charge is 2.73. The first-order valence-corrected chi connectivity index (χ1v) is 10.0. The fraction of sp³-hybridized carbons (Fsp3) is 0.409. The van der Waals surface area contributed by atoms with Crippen LogP contribution in [0.5, 0.6) is 0 Å². The molecule has 0 saturated carbocycles. The number of halogens is 11. The van der Waals surface area contributed by atoms with E-state index in [2.05, 4.69) is 5.32 Å². The summed E-state index contributed by atoms with van der Waals surface area (Å²) in [5.74, 6) is -0.162. The van der Waals surface area contributed by atoms with E-state index in [0.29, 0.717) is 18.2 Å². The lowest BCUT2D eigenvalue weighted by molar-refractivity contribution is -0.348. The van der Waals surface area contributed by atoms with Crippen LogP contribution in [0.25, 0.3) is 0 Å². The van der Waals surface area contributed by atoms with Gasteiger partial charge in [-0.1, -0.05) is 32.0 Å². The van der Waals surface area contributed by atoms with Crippen molar-refractivity contribution in [2.45, 2.75) is 51.9 Å². The molecule has 14 heteroatoms. The molecule has 1 amide bonds. The minimum Gasteiger partial charge on any atom is -0.386 e. The fourth-order valence-corrected chi connectivity index (χ4v) is 2.79. The molecule has 0 aromatic heterocycles. The summed E-state index contributed by atoms with van der Waals surface area (Å²) in [6.07, 6.45) is -18.8.